The van der Waals surface area contributed by atoms with Crippen LogP contribution in [-0.4, -0.2) is 25.5 Å². The van der Waals surface area contributed by atoms with E-state index < -0.39 is 0 Å². The highest BCUT2D eigenvalue weighted by molar-refractivity contribution is 5.78. The van der Waals surface area contributed by atoms with Gasteiger partial charge in [-0.05, 0) is 12.1 Å². The van der Waals surface area contributed by atoms with Crippen LogP contribution in [0.2, 0.25) is 0 Å². The average molecular weight is 262 g/mol. The Kier molecular flexibility index (Phi) is 6.03. The highest BCUT2D eigenvalue weighted by Crippen LogP contribution is 2.21. The van der Waals surface area contributed by atoms with E-state index in [-0.39, 0.29) is 17.2 Å². The molecule has 1 rings (SSSR count). The van der Waals surface area contributed by atoms with Crippen LogP contribution in [0.4, 0.5) is 0 Å². The van der Waals surface area contributed by atoms with Crippen LogP contribution in [0.25, 0.3) is 0 Å². The standard InChI is InChI=1S/C16H26N2O/c1-5-17-11-13(2)15(19)18-12-16(3,4)14-9-7-6-8-10-14/h6-10,13,17H,5,11-12H2,1-4H3,(H,18,19). The van der Waals surface area contributed by atoms with E-state index in [2.05, 4.69) is 36.6 Å². The second-order valence-corrected chi connectivity index (χ2v) is 5.68. The van der Waals surface area contributed by atoms with Gasteiger partial charge in [-0.25, -0.2) is 0 Å². The molecule has 0 aliphatic carbocycles. The Labute approximate surface area is 116 Å². The van der Waals surface area contributed by atoms with Crippen molar-refractivity contribution in [3.8, 4) is 0 Å². The number of hydrogen-bond acceptors (Lipinski definition) is 2. The van der Waals surface area contributed by atoms with E-state index in [1.165, 1.54) is 5.56 Å². The van der Waals surface area contributed by atoms with Crippen LogP contribution in [0, 0.1) is 5.92 Å². The lowest BCUT2D eigenvalue weighted by Crippen LogP contribution is -2.41. The summed E-state index contributed by atoms with van der Waals surface area (Å²) in [6, 6.07) is 10.3. The van der Waals surface area contributed by atoms with E-state index >= 15 is 0 Å². The number of amides is 1. The maximum absolute atomic E-state index is 12.0. The van der Waals surface area contributed by atoms with Gasteiger partial charge in [0.15, 0.2) is 0 Å². The van der Waals surface area contributed by atoms with Gasteiger partial charge in [0.05, 0.1) is 0 Å². The van der Waals surface area contributed by atoms with Crippen molar-refractivity contribution in [1.82, 2.24) is 10.6 Å². The molecule has 0 fully saturated rings. The third-order valence-electron chi connectivity index (χ3n) is 3.41. The first kappa shape index (κ1) is 15.7. The molecule has 0 aliphatic rings. The second-order valence-electron chi connectivity index (χ2n) is 5.68. The molecule has 0 radical (unpaired) electrons. The second kappa shape index (κ2) is 7.29. The Morgan fingerprint density at radius 3 is 2.47 bits per heavy atom. The van der Waals surface area contributed by atoms with Gasteiger partial charge in [0, 0.05) is 24.4 Å². The van der Waals surface area contributed by atoms with Gasteiger partial charge in [-0.15, -0.1) is 0 Å². The van der Waals surface area contributed by atoms with Crippen LogP contribution in [0.3, 0.4) is 0 Å². The van der Waals surface area contributed by atoms with Gasteiger partial charge in [-0.2, -0.15) is 0 Å². The van der Waals surface area contributed by atoms with Gasteiger partial charge in [-0.3, -0.25) is 4.79 Å². The van der Waals surface area contributed by atoms with Crippen molar-refractivity contribution in [2.75, 3.05) is 19.6 Å². The van der Waals surface area contributed by atoms with E-state index in [4.69, 9.17) is 0 Å². The molecular formula is C16H26N2O. The predicted molar refractivity (Wildman–Crippen MR) is 80.2 cm³/mol. The van der Waals surface area contributed by atoms with Crippen LogP contribution >= 0.6 is 0 Å². The zero-order valence-corrected chi connectivity index (χ0v) is 12.5. The van der Waals surface area contributed by atoms with Crippen molar-refractivity contribution in [1.29, 1.82) is 0 Å². The van der Waals surface area contributed by atoms with E-state index in [1.54, 1.807) is 0 Å². The fraction of sp³-hybridized carbons (Fsp3) is 0.562. The van der Waals surface area contributed by atoms with E-state index in [1.807, 2.05) is 32.0 Å². The Bertz CT molecular complexity index is 387. The van der Waals surface area contributed by atoms with Gasteiger partial charge in [0.2, 0.25) is 5.91 Å². The van der Waals surface area contributed by atoms with E-state index in [0.29, 0.717) is 6.54 Å². The van der Waals surface area contributed by atoms with Crippen LogP contribution in [0.15, 0.2) is 30.3 Å². The molecule has 1 aromatic rings. The molecule has 1 amide bonds. The van der Waals surface area contributed by atoms with Gasteiger partial charge >= 0.3 is 0 Å². The number of carbonyl (C=O) groups excluding carboxylic acids is 1. The molecule has 0 bridgehead atoms. The summed E-state index contributed by atoms with van der Waals surface area (Å²) < 4.78 is 0. The van der Waals surface area contributed by atoms with Gasteiger partial charge in [-0.1, -0.05) is 58.0 Å². The lowest BCUT2D eigenvalue weighted by atomic mass is 9.84. The van der Waals surface area contributed by atoms with Crippen molar-refractivity contribution in [2.24, 2.45) is 5.92 Å². The maximum Gasteiger partial charge on any atom is 0.224 e. The van der Waals surface area contributed by atoms with Gasteiger partial charge in [0.1, 0.15) is 0 Å². The molecule has 3 nitrogen and oxygen atoms in total. The molecule has 1 atom stereocenters. The van der Waals surface area contributed by atoms with Crippen molar-refractivity contribution in [2.45, 2.75) is 33.1 Å². The summed E-state index contributed by atoms with van der Waals surface area (Å²) in [5.41, 5.74) is 1.20. The first-order valence-corrected chi connectivity index (χ1v) is 7.01. The SMILES string of the molecule is CCNCC(C)C(=O)NCC(C)(C)c1ccccc1. The maximum atomic E-state index is 12.0. The van der Waals surface area contributed by atoms with Crippen molar-refractivity contribution in [3.63, 3.8) is 0 Å². The topological polar surface area (TPSA) is 41.1 Å². The molecule has 1 unspecified atom stereocenters. The van der Waals surface area contributed by atoms with Crippen LogP contribution in [-0.2, 0) is 10.2 Å². The van der Waals surface area contributed by atoms with Crippen LogP contribution in [0.1, 0.15) is 33.3 Å². The molecule has 0 saturated heterocycles. The summed E-state index contributed by atoms with van der Waals surface area (Å²) >= 11 is 0. The summed E-state index contributed by atoms with van der Waals surface area (Å²) in [7, 11) is 0. The fourth-order valence-electron chi connectivity index (χ4n) is 1.93. The molecule has 106 valence electrons. The molecule has 0 aliphatic heterocycles. The van der Waals surface area contributed by atoms with Crippen molar-refractivity contribution in [3.05, 3.63) is 35.9 Å². The lowest BCUT2D eigenvalue weighted by Gasteiger charge is -2.26. The summed E-state index contributed by atoms with van der Waals surface area (Å²) in [4.78, 5) is 12.0. The monoisotopic (exact) mass is 262 g/mol. The minimum Gasteiger partial charge on any atom is -0.355 e. The third-order valence-corrected chi connectivity index (χ3v) is 3.41. The van der Waals surface area contributed by atoms with Gasteiger partial charge < -0.3 is 10.6 Å². The lowest BCUT2D eigenvalue weighted by molar-refractivity contribution is -0.124. The number of rotatable bonds is 7. The molecule has 0 spiro atoms. The molecule has 2 N–H and O–H groups in total. The minimum atomic E-state index is -0.0468. The Morgan fingerprint density at radius 1 is 1.26 bits per heavy atom. The summed E-state index contributed by atoms with van der Waals surface area (Å²) in [6.45, 7) is 10.6. The smallest absolute Gasteiger partial charge is 0.224 e. The summed E-state index contributed by atoms with van der Waals surface area (Å²) in [5, 5.41) is 6.25. The van der Waals surface area contributed by atoms with Gasteiger partial charge in [0.25, 0.3) is 0 Å². The van der Waals surface area contributed by atoms with E-state index in [0.717, 1.165) is 13.1 Å². The quantitative estimate of drug-likeness (QED) is 0.792. The molecule has 1 aromatic carbocycles. The van der Waals surface area contributed by atoms with Crippen molar-refractivity contribution >= 4 is 5.91 Å². The molecule has 19 heavy (non-hydrogen) atoms. The molecule has 0 heterocycles. The summed E-state index contributed by atoms with van der Waals surface area (Å²) in [5.74, 6) is 0.122. The Balaban J connectivity index is 2.49. The molecule has 0 saturated carbocycles. The first-order valence-electron chi connectivity index (χ1n) is 7.01. The number of carbonyl (C=O) groups is 1. The highest BCUT2D eigenvalue weighted by Gasteiger charge is 2.22. The summed E-state index contributed by atoms with van der Waals surface area (Å²) in [6.07, 6.45) is 0. The largest absolute Gasteiger partial charge is 0.355 e. The van der Waals surface area contributed by atoms with E-state index in [9.17, 15) is 4.79 Å². The predicted octanol–water partition coefficient (Wildman–Crippen LogP) is 2.33. The number of hydrogen-bond donors (Lipinski definition) is 2. The first-order chi connectivity index (χ1) is 8.97. The minimum absolute atomic E-state index is 0.00604. The number of benzene rings is 1. The molecule has 3 heteroatoms. The zero-order chi connectivity index (χ0) is 14.3. The molecular weight excluding hydrogens is 236 g/mol. The van der Waals surface area contributed by atoms with Crippen molar-refractivity contribution < 1.29 is 4.79 Å². The van der Waals surface area contributed by atoms with Crippen LogP contribution < -0.4 is 10.6 Å². The zero-order valence-electron chi connectivity index (χ0n) is 12.5. The third kappa shape index (κ3) is 5.03. The van der Waals surface area contributed by atoms with Crippen LogP contribution in [0.5, 0.6) is 0 Å². The highest BCUT2D eigenvalue weighted by atomic mass is 16.1. The Hall–Kier alpha value is -1.35. The molecule has 0 aromatic heterocycles. The fourth-order valence-corrected chi connectivity index (χ4v) is 1.93. The number of nitrogens with one attached hydrogen (secondary N) is 2. The average Bonchev–Trinajstić information content (AvgIpc) is 2.43. The normalized spacial score (nSPS) is 13.1. The Morgan fingerprint density at radius 2 is 1.89 bits per heavy atom.